The van der Waals surface area contributed by atoms with E-state index in [-0.39, 0.29) is 6.10 Å². The van der Waals surface area contributed by atoms with E-state index in [1.54, 1.807) is 6.07 Å². The third-order valence-electron chi connectivity index (χ3n) is 7.73. The number of aryl methyl sites for hydroxylation is 1. The highest BCUT2D eigenvalue weighted by atomic mass is 16.5. The summed E-state index contributed by atoms with van der Waals surface area (Å²) in [5, 5.41) is 13.2. The summed E-state index contributed by atoms with van der Waals surface area (Å²) in [6.07, 6.45) is 10.1. The van der Waals surface area contributed by atoms with Crippen molar-refractivity contribution in [2.24, 2.45) is 11.8 Å². The molecule has 3 heteroatoms. The molecule has 3 nitrogen and oxygen atoms in total. The van der Waals surface area contributed by atoms with Crippen LogP contribution in [0.5, 0.6) is 11.5 Å². The van der Waals surface area contributed by atoms with Crippen molar-refractivity contribution in [1.82, 2.24) is 0 Å². The zero-order valence-electron chi connectivity index (χ0n) is 19.1. The molecule has 32 heavy (non-hydrogen) atoms. The Balaban J connectivity index is 1.41. The summed E-state index contributed by atoms with van der Waals surface area (Å²) in [7, 11) is 0. The Morgan fingerprint density at radius 3 is 2.69 bits per heavy atom. The number of rotatable bonds is 6. The Morgan fingerprint density at radius 1 is 1.03 bits per heavy atom. The van der Waals surface area contributed by atoms with Crippen LogP contribution in [-0.4, -0.2) is 17.0 Å². The van der Waals surface area contributed by atoms with E-state index in [0.29, 0.717) is 36.2 Å². The van der Waals surface area contributed by atoms with Gasteiger partial charge in [0.1, 0.15) is 17.3 Å². The Kier molecular flexibility index (Phi) is 6.08. The van der Waals surface area contributed by atoms with Gasteiger partial charge in [0, 0.05) is 24.1 Å². The molecule has 3 atom stereocenters. The average Bonchev–Trinajstić information content (AvgIpc) is 2.79. The van der Waals surface area contributed by atoms with Crippen LogP contribution in [0.15, 0.2) is 42.5 Å². The van der Waals surface area contributed by atoms with Crippen LogP contribution in [0, 0.1) is 11.8 Å². The molecule has 0 heterocycles. The van der Waals surface area contributed by atoms with Gasteiger partial charge in [0.15, 0.2) is 0 Å². The summed E-state index contributed by atoms with van der Waals surface area (Å²) in [6.45, 7) is 2.11. The first kappa shape index (κ1) is 21.3. The summed E-state index contributed by atoms with van der Waals surface area (Å²) in [6, 6.07) is 14.5. The smallest absolute Gasteiger partial charge is 0.136 e. The number of ether oxygens (including phenoxy) is 1. The molecule has 0 spiro atoms. The maximum Gasteiger partial charge on any atom is 0.136 e. The predicted molar refractivity (Wildman–Crippen MR) is 128 cm³/mol. The van der Waals surface area contributed by atoms with Crippen molar-refractivity contribution in [3.63, 3.8) is 0 Å². The predicted octanol–water partition coefficient (Wildman–Crippen LogP) is 5.06. The SMILES string of the molecule is CC(CCCc1ccccc1)Oc1cc(O)c2c(c1)=C1CCCCC1C1CCC(=O)CC=21. The lowest BCUT2D eigenvalue weighted by atomic mass is 9.65. The first-order valence-corrected chi connectivity index (χ1v) is 12.4. The third kappa shape index (κ3) is 4.22. The maximum atomic E-state index is 12.3. The molecule has 168 valence electrons. The van der Waals surface area contributed by atoms with Crippen LogP contribution >= 0.6 is 0 Å². The van der Waals surface area contributed by atoms with E-state index in [2.05, 4.69) is 43.3 Å². The van der Waals surface area contributed by atoms with Crippen molar-refractivity contribution >= 4 is 16.9 Å². The highest BCUT2D eigenvalue weighted by molar-refractivity contribution is 5.90. The lowest BCUT2D eigenvalue weighted by molar-refractivity contribution is -0.119. The van der Waals surface area contributed by atoms with Crippen LogP contribution in [0.25, 0.3) is 11.1 Å². The van der Waals surface area contributed by atoms with Crippen LogP contribution in [0.2, 0.25) is 0 Å². The van der Waals surface area contributed by atoms with E-state index >= 15 is 0 Å². The van der Waals surface area contributed by atoms with Crippen molar-refractivity contribution in [1.29, 1.82) is 0 Å². The molecule has 2 saturated carbocycles. The third-order valence-corrected chi connectivity index (χ3v) is 7.73. The van der Waals surface area contributed by atoms with Crippen LogP contribution in [0.3, 0.4) is 0 Å². The summed E-state index contributed by atoms with van der Waals surface area (Å²) in [5.74, 6) is 2.34. The Hall–Kier alpha value is -2.55. The molecule has 0 radical (unpaired) electrons. The lowest BCUT2D eigenvalue weighted by Gasteiger charge is -2.39. The van der Waals surface area contributed by atoms with Gasteiger partial charge in [-0.15, -0.1) is 0 Å². The minimum absolute atomic E-state index is 0.0866. The van der Waals surface area contributed by atoms with Crippen LogP contribution in [-0.2, 0) is 11.2 Å². The number of phenolic OH excluding ortho intramolecular Hbond substituents is 1. The zero-order chi connectivity index (χ0) is 22.1. The second-order valence-corrected chi connectivity index (χ2v) is 9.93. The van der Waals surface area contributed by atoms with Gasteiger partial charge >= 0.3 is 0 Å². The highest BCUT2D eigenvalue weighted by Gasteiger charge is 2.37. The molecular weight excluding hydrogens is 396 g/mol. The number of Topliss-reactive ketones (excluding diaryl/α,β-unsaturated/α-hetero) is 1. The highest BCUT2D eigenvalue weighted by Crippen LogP contribution is 2.45. The maximum absolute atomic E-state index is 12.3. The van der Waals surface area contributed by atoms with Gasteiger partial charge in [-0.1, -0.05) is 42.3 Å². The minimum Gasteiger partial charge on any atom is -0.507 e. The van der Waals surface area contributed by atoms with Gasteiger partial charge in [0.25, 0.3) is 0 Å². The number of fused-ring (bicyclic) bond motifs is 4. The number of benzene rings is 2. The van der Waals surface area contributed by atoms with E-state index < -0.39 is 0 Å². The first-order valence-electron chi connectivity index (χ1n) is 12.4. The van der Waals surface area contributed by atoms with E-state index in [4.69, 9.17) is 4.74 Å². The fourth-order valence-electron chi connectivity index (χ4n) is 6.25. The molecule has 5 rings (SSSR count). The Labute approximate surface area is 190 Å². The number of hydrogen-bond donors (Lipinski definition) is 1. The second-order valence-electron chi connectivity index (χ2n) is 9.93. The molecule has 3 unspecified atom stereocenters. The topological polar surface area (TPSA) is 46.5 Å². The van der Waals surface area contributed by atoms with Gasteiger partial charge in [-0.2, -0.15) is 0 Å². The first-order chi connectivity index (χ1) is 15.6. The number of hydrogen-bond acceptors (Lipinski definition) is 3. The molecule has 2 aromatic rings. The van der Waals surface area contributed by atoms with Gasteiger partial charge in [-0.05, 0) is 86.1 Å². The number of carbonyl (C=O) groups is 1. The molecule has 2 fully saturated rings. The van der Waals surface area contributed by atoms with Crippen molar-refractivity contribution in [2.75, 3.05) is 0 Å². The number of ketones is 1. The van der Waals surface area contributed by atoms with Crippen molar-refractivity contribution in [3.05, 3.63) is 58.5 Å². The minimum atomic E-state index is 0.0866. The van der Waals surface area contributed by atoms with Crippen molar-refractivity contribution < 1.29 is 14.6 Å². The fourth-order valence-corrected chi connectivity index (χ4v) is 6.25. The van der Waals surface area contributed by atoms with Gasteiger partial charge in [0.2, 0.25) is 0 Å². The molecule has 0 aromatic heterocycles. The standard InChI is InChI=1S/C29H34O3/c1-19(8-7-11-20-9-3-2-4-10-20)32-22-17-27-24-13-6-5-12-23(24)25-15-14-21(30)16-26(25)29(27)28(31)18-22/h2-4,9-10,17-19,23,25,31H,5-8,11-16H2,1H3. The number of aromatic hydroxyl groups is 1. The molecule has 2 aromatic carbocycles. The second kappa shape index (κ2) is 9.13. The quantitative estimate of drug-likeness (QED) is 0.697. The van der Waals surface area contributed by atoms with Gasteiger partial charge < -0.3 is 9.84 Å². The largest absolute Gasteiger partial charge is 0.507 e. The number of phenols is 1. The van der Waals surface area contributed by atoms with Gasteiger partial charge in [0.05, 0.1) is 6.10 Å². The Bertz CT molecular complexity index is 1120. The van der Waals surface area contributed by atoms with Gasteiger partial charge in [-0.3, -0.25) is 4.79 Å². The van der Waals surface area contributed by atoms with Crippen LogP contribution < -0.4 is 15.2 Å². The molecule has 0 saturated heterocycles. The van der Waals surface area contributed by atoms with Crippen molar-refractivity contribution in [2.45, 2.75) is 77.2 Å². The van der Waals surface area contributed by atoms with E-state index in [1.807, 2.05) is 0 Å². The summed E-state index contributed by atoms with van der Waals surface area (Å²) >= 11 is 0. The van der Waals surface area contributed by atoms with Crippen LogP contribution in [0.4, 0.5) is 0 Å². The molecule has 1 N–H and O–H groups in total. The molecule has 0 aliphatic heterocycles. The summed E-state index contributed by atoms with van der Waals surface area (Å²) in [4.78, 5) is 12.3. The van der Waals surface area contributed by atoms with Crippen LogP contribution in [0.1, 0.15) is 70.3 Å². The van der Waals surface area contributed by atoms with E-state index in [1.165, 1.54) is 36.0 Å². The molecular formula is C29H34O3. The molecule has 3 aliphatic rings. The van der Waals surface area contributed by atoms with E-state index in [9.17, 15) is 9.90 Å². The average molecular weight is 431 g/mol. The van der Waals surface area contributed by atoms with E-state index in [0.717, 1.165) is 48.3 Å². The fraction of sp³-hybridized carbons (Fsp3) is 0.483. The lowest BCUT2D eigenvalue weighted by Crippen LogP contribution is -2.43. The van der Waals surface area contributed by atoms with Gasteiger partial charge in [-0.25, -0.2) is 0 Å². The summed E-state index contributed by atoms with van der Waals surface area (Å²) in [5.41, 5.74) is 4.04. The number of carbonyl (C=O) groups excluding carboxylic acids is 1. The molecule has 3 aliphatic carbocycles. The normalized spacial score (nSPS) is 23.2. The van der Waals surface area contributed by atoms with Crippen molar-refractivity contribution in [3.8, 4) is 11.5 Å². The summed E-state index contributed by atoms with van der Waals surface area (Å²) < 4.78 is 6.29. The zero-order valence-corrected chi connectivity index (χ0v) is 19.1. The molecule has 0 bridgehead atoms. The molecule has 0 amide bonds. The monoisotopic (exact) mass is 430 g/mol. The Morgan fingerprint density at radius 2 is 1.84 bits per heavy atom.